The van der Waals surface area contributed by atoms with Gasteiger partial charge in [0, 0.05) is 6.20 Å². The number of phenolic OH excluding ortho intramolecular Hbond substituents is 1. The molecule has 2 N–H and O–H groups in total. The zero-order valence-corrected chi connectivity index (χ0v) is 12.8. The molecule has 0 aliphatic carbocycles. The van der Waals surface area contributed by atoms with Gasteiger partial charge in [-0.15, -0.1) is 0 Å². The molecule has 2 rings (SSSR count). The van der Waals surface area contributed by atoms with Crippen molar-refractivity contribution >= 4 is 11.6 Å². The number of aryl methyl sites for hydroxylation is 1. The third-order valence-electron chi connectivity index (χ3n) is 3.18. The summed E-state index contributed by atoms with van der Waals surface area (Å²) in [6, 6.07) is 5.17. The third kappa shape index (κ3) is 3.84. The fourth-order valence-electron chi connectivity index (χ4n) is 1.97. The van der Waals surface area contributed by atoms with Crippen molar-refractivity contribution in [2.75, 3.05) is 5.32 Å². The molecule has 0 fully saturated rings. The summed E-state index contributed by atoms with van der Waals surface area (Å²) in [6.07, 6.45) is 3.73. The van der Waals surface area contributed by atoms with E-state index in [1.54, 1.807) is 18.3 Å². The summed E-state index contributed by atoms with van der Waals surface area (Å²) in [4.78, 5) is 12.0. The largest absolute Gasteiger partial charge is 0.508 e. The molecule has 5 heteroatoms. The van der Waals surface area contributed by atoms with E-state index in [-0.39, 0.29) is 23.6 Å². The zero-order valence-electron chi connectivity index (χ0n) is 12.8. The van der Waals surface area contributed by atoms with Crippen molar-refractivity contribution in [2.45, 2.75) is 39.7 Å². The van der Waals surface area contributed by atoms with Gasteiger partial charge in [-0.05, 0) is 44.9 Å². The van der Waals surface area contributed by atoms with E-state index in [1.807, 2.05) is 44.6 Å². The van der Waals surface area contributed by atoms with Crippen molar-refractivity contribution in [2.24, 2.45) is 0 Å². The Morgan fingerprint density at radius 3 is 2.67 bits per heavy atom. The molecule has 0 aliphatic rings. The molecule has 112 valence electrons. The average Bonchev–Trinajstić information content (AvgIpc) is 2.82. The fourth-order valence-corrected chi connectivity index (χ4v) is 1.97. The van der Waals surface area contributed by atoms with Gasteiger partial charge in [0.1, 0.15) is 5.75 Å². The molecule has 0 atom stereocenters. The second-order valence-electron chi connectivity index (χ2n) is 6.19. The van der Waals surface area contributed by atoms with Crippen LogP contribution < -0.4 is 5.32 Å². The van der Waals surface area contributed by atoms with Gasteiger partial charge in [0.15, 0.2) is 0 Å². The van der Waals surface area contributed by atoms with Crippen molar-refractivity contribution < 1.29 is 9.90 Å². The molecule has 0 saturated carbocycles. The SMILES string of the molecule is Cc1cc(CC(=O)Nc2cnn(C(C)(C)C)c2)ccc1O. The van der Waals surface area contributed by atoms with E-state index in [1.165, 1.54) is 0 Å². The smallest absolute Gasteiger partial charge is 0.228 e. The van der Waals surface area contributed by atoms with E-state index >= 15 is 0 Å². The number of carbonyl (C=O) groups is 1. The maximum Gasteiger partial charge on any atom is 0.228 e. The van der Waals surface area contributed by atoms with Gasteiger partial charge in [0.2, 0.25) is 5.91 Å². The molecule has 1 heterocycles. The minimum absolute atomic E-state index is 0.103. The van der Waals surface area contributed by atoms with Crippen LogP contribution in [0.1, 0.15) is 31.9 Å². The molecular formula is C16H21N3O2. The highest BCUT2D eigenvalue weighted by Gasteiger charge is 2.15. The van der Waals surface area contributed by atoms with E-state index in [2.05, 4.69) is 10.4 Å². The maximum absolute atomic E-state index is 12.0. The van der Waals surface area contributed by atoms with Crippen LogP contribution in [0.4, 0.5) is 5.69 Å². The number of hydrogen-bond acceptors (Lipinski definition) is 3. The number of hydrogen-bond donors (Lipinski definition) is 2. The van der Waals surface area contributed by atoms with Crippen molar-refractivity contribution in [3.8, 4) is 5.75 Å². The molecule has 5 nitrogen and oxygen atoms in total. The van der Waals surface area contributed by atoms with Gasteiger partial charge in [-0.3, -0.25) is 9.48 Å². The maximum atomic E-state index is 12.0. The summed E-state index contributed by atoms with van der Waals surface area (Å²) >= 11 is 0. The first kappa shape index (κ1) is 15.1. The van der Waals surface area contributed by atoms with Gasteiger partial charge in [0.05, 0.1) is 23.8 Å². The molecule has 1 aromatic heterocycles. The normalized spacial score (nSPS) is 11.4. The minimum atomic E-state index is -0.114. The fraction of sp³-hybridized carbons (Fsp3) is 0.375. The Morgan fingerprint density at radius 1 is 1.38 bits per heavy atom. The lowest BCUT2D eigenvalue weighted by molar-refractivity contribution is -0.115. The summed E-state index contributed by atoms with van der Waals surface area (Å²) < 4.78 is 1.81. The minimum Gasteiger partial charge on any atom is -0.508 e. The van der Waals surface area contributed by atoms with Crippen molar-refractivity contribution in [3.05, 3.63) is 41.7 Å². The molecule has 2 aromatic rings. The van der Waals surface area contributed by atoms with Crippen molar-refractivity contribution in [1.82, 2.24) is 9.78 Å². The van der Waals surface area contributed by atoms with Crippen LogP contribution in [0.5, 0.6) is 5.75 Å². The van der Waals surface area contributed by atoms with Crippen LogP contribution in [0, 0.1) is 6.92 Å². The Kier molecular flexibility index (Phi) is 4.02. The summed E-state index contributed by atoms with van der Waals surface area (Å²) in [7, 11) is 0. The topological polar surface area (TPSA) is 67.2 Å². The molecule has 0 unspecified atom stereocenters. The Morgan fingerprint density at radius 2 is 2.10 bits per heavy atom. The van der Waals surface area contributed by atoms with E-state index < -0.39 is 0 Å². The van der Waals surface area contributed by atoms with Gasteiger partial charge in [0.25, 0.3) is 0 Å². The number of carbonyl (C=O) groups excluding carboxylic acids is 1. The van der Waals surface area contributed by atoms with Gasteiger partial charge < -0.3 is 10.4 Å². The highest BCUT2D eigenvalue weighted by atomic mass is 16.3. The van der Waals surface area contributed by atoms with Gasteiger partial charge >= 0.3 is 0 Å². The monoisotopic (exact) mass is 287 g/mol. The van der Waals surface area contributed by atoms with E-state index in [0.29, 0.717) is 5.69 Å². The Hall–Kier alpha value is -2.30. The number of rotatable bonds is 3. The quantitative estimate of drug-likeness (QED) is 0.912. The van der Waals surface area contributed by atoms with Gasteiger partial charge in [-0.25, -0.2) is 0 Å². The number of phenols is 1. The Balaban J connectivity index is 2.01. The predicted octanol–water partition coefficient (Wildman–Crippen LogP) is 2.83. The van der Waals surface area contributed by atoms with Gasteiger partial charge in [-0.2, -0.15) is 5.10 Å². The first-order valence-corrected chi connectivity index (χ1v) is 6.89. The molecule has 0 aliphatic heterocycles. The summed E-state index contributed by atoms with van der Waals surface area (Å²) in [5.74, 6) is 0.138. The number of benzene rings is 1. The summed E-state index contributed by atoms with van der Waals surface area (Å²) in [6.45, 7) is 7.95. The summed E-state index contributed by atoms with van der Waals surface area (Å²) in [5.41, 5.74) is 2.20. The molecule has 0 radical (unpaired) electrons. The highest BCUT2D eigenvalue weighted by molar-refractivity contribution is 5.92. The van der Waals surface area contributed by atoms with Crippen LogP contribution in [0.2, 0.25) is 0 Å². The number of amides is 1. The lowest BCUT2D eigenvalue weighted by atomic mass is 10.1. The molecule has 21 heavy (non-hydrogen) atoms. The van der Waals surface area contributed by atoms with E-state index in [4.69, 9.17) is 0 Å². The van der Waals surface area contributed by atoms with Crippen LogP contribution in [0.3, 0.4) is 0 Å². The van der Waals surface area contributed by atoms with Crippen molar-refractivity contribution in [3.63, 3.8) is 0 Å². The van der Waals surface area contributed by atoms with E-state index in [0.717, 1.165) is 11.1 Å². The number of nitrogens with zero attached hydrogens (tertiary/aromatic N) is 2. The van der Waals surface area contributed by atoms with Crippen LogP contribution in [-0.4, -0.2) is 20.8 Å². The molecule has 0 saturated heterocycles. The Bertz CT molecular complexity index is 654. The first-order valence-electron chi connectivity index (χ1n) is 6.89. The molecule has 1 aromatic carbocycles. The predicted molar refractivity (Wildman–Crippen MR) is 82.4 cm³/mol. The lowest BCUT2D eigenvalue weighted by Crippen LogP contribution is -2.22. The van der Waals surface area contributed by atoms with Gasteiger partial charge in [-0.1, -0.05) is 12.1 Å². The average molecular weight is 287 g/mol. The molecule has 1 amide bonds. The number of aromatic nitrogens is 2. The Labute approximate surface area is 124 Å². The molecule has 0 bridgehead atoms. The first-order chi connectivity index (χ1) is 9.75. The van der Waals surface area contributed by atoms with Crippen molar-refractivity contribution in [1.29, 1.82) is 0 Å². The number of nitrogens with one attached hydrogen (secondary N) is 1. The van der Waals surface area contributed by atoms with Crippen LogP contribution in [0.15, 0.2) is 30.6 Å². The standard InChI is InChI=1S/C16H21N3O2/c1-11-7-12(5-6-14(11)20)8-15(21)18-13-9-17-19(10-13)16(2,3)4/h5-7,9-10,20H,8H2,1-4H3,(H,18,21). The van der Waals surface area contributed by atoms with Crippen LogP contribution >= 0.6 is 0 Å². The van der Waals surface area contributed by atoms with Crippen LogP contribution in [-0.2, 0) is 16.8 Å². The number of anilines is 1. The highest BCUT2D eigenvalue weighted by Crippen LogP contribution is 2.18. The lowest BCUT2D eigenvalue weighted by Gasteiger charge is -2.18. The molecular weight excluding hydrogens is 266 g/mol. The summed E-state index contributed by atoms with van der Waals surface area (Å²) in [5, 5.41) is 16.6. The third-order valence-corrected chi connectivity index (χ3v) is 3.18. The second-order valence-corrected chi connectivity index (χ2v) is 6.19. The molecule has 0 spiro atoms. The van der Waals surface area contributed by atoms with E-state index in [9.17, 15) is 9.90 Å². The second kappa shape index (κ2) is 5.60. The zero-order chi connectivity index (χ0) is 15.6. The van der Waals surface area contributed by atoms with Crippen LogP contribution in [0.25, 0.3) is 0 Å². The number of aromatic hydroxyl groups is 1.